The third kappa shape index (κ3) is 3.88. The lowest BCUT2D eigenvalue weighted by atomic mass is 10.1. The van der Waals surface area contributed by atoms with Gasteiger partial charge in [0.1, 0.15) is 11.3 Å². The molecule has 0 bridgehead atoms. The fourth-order valence-electron chi connectivity index (χ4n) is 3.51. The first-order chi connectivity index (χ1) is 15.8. The van der Waals surface area contributed by atoms with Crippen LogP contribution in [0.3, 0.4) is 0 Å². The second-order valence-electron chi connectivity index (χ2n) is 7.35. The molecule has 0 aliphatic rings. The molecule has 0 atom stereocenters. The van der Waals surface area contributed by atoms with E-state index in [1.165, 1.54) is 23.8 Å². The van der Waals surface area contributed by atoms with Gasteiger partial charge in [0, 0.05) is 12.1 Å². The van der Waals surface area contributed by atoms with E-state index >= 15 is 0 Å². The zero-order valence-corrected chi connectivity index (χ0v) is 18.5. The molecule has 33 heavy (non-hydrogen) atoms. The van der Waals surface area contributed by atoms with Crippen LogP contribution < -0.4 is 9.47 Å². The Labute approximate surface area is 188 Å². The summed E-state index contributed by atoms with van der Waals surface area (Å²) in [5.74, 6) is -0.0290. The van der Waals surface area contributed by atoms with E-state index in [1.807, 2.05) is 30.5 Å². The molecule has 4 aromatic rings. The van der Waals surface area contributed by atoms with Crippen LogP contribution in [0.1, 0.15) is 26.8 Å². The van der Waals surface area contributed by atoms with Crippen molar-refractivity contribution in [1.82, 2.24) is 24.3 Å². The molecule has 0 spiro atoms. The van der Waals surface area contributed by atoms with Gasteiger partial charge in [-0.2, -0.15) is 0 Å². The number of fused-ring (bicyclic) bond motifs is 1. The van der Waals surface area contributed by atoms with Crippen molar-refractivity contribution in [2.24, 2.45) is 0 Å². The van der Waals surface area contributed by atoms with Gasteiger partial charge in [0.25, 0.3) is 0 Å². The highest BCUT2D eigenvalue weighted by molar-refractivity contribution is 5.86. The largest absolute Gasteiger partial charge is 0.513 e. The minimum absolute atomic E-state index is 0.0368. The zero-order valence-electron chi connectivity index (χ0n) is 18.5. The van der Waals surface area contributed by atoms with Crippen LogP contribution in [-0.2, 0) is 4.74 Å². The fourth-order valence-corrected chi connectivity index (χ4v) is 3.51. The molecule has 0 aliphatic heterocycles. The summed E-state index contributed by atoms with van der Waals surface area (Å²) < 4.78 is 18.6. The summed E-state index contributed by atoms with van der Waals surface area (Å²) in [6.07, 6.45) is 0.790. The Morgan fingerprint density at radius 1 is 1.15 bits per heavy atom. The number of ether oxygens (including phenoxy) is 3. The number of rotatable bonds is 6. The number of imidazole rings is 1. The number of nitrogens with zero attached hydrogens (tertiary/aromatic N) is 5. The number of hydrogen-bond acceptors (Lipinski definition) is 9. The van der Waals surface area contributed by atoms with Crippen LogP contribution in [-0.4, -0.2) is 54.4 Å². The molecule has 0 unspecified atom stereocenters. The van der Waals surface area contributed by atoms with E-state index in [-0.39, 0.29) is 47.3 Å². The molecule has 4 rings (SSSR count). The molecule has 2 aromatic heterocycles. The molecule has 172 valence electrons. The molecular formula is C22H23N5O6. The first-order valence-corrected chi connectivity index (χ1v) is 10.2. The summed E-state index contributed by atoms with van der Waals surface area (Å²) in [4.78, 5) is 16.2. The molecule has 0 amide bonds. The molecule has 11 nitrogen and oxygen atoms in total. The van der Waals surface area contributed by atoms with Crippen LogP contribution in [0.25, 0.3) is 28.1 Å². The standard InChI is InChI=1S/C22H23N5O6/c1-5-32-22(30)33-18-10-16(28)13(9-17(18)31-4)20-24-25-21(29)27(20)15-8-6-7-14-19(15)23-11-26(14)12(2)3/h6-12,28H,5H2,1-4H3,(H,25,29). The lowest BCUT2D eigenvalue weighted by Crippen LogP contribution is -2.11. The third-order valence-corrected chi connectivity index (χ3v) is 5.00. The van der Waals surface area contributed by atoms with Crippen LogP contribution in [0.15, 0.2) is 36.7 Å². The van der Waals surface area contributed by atoms with Gasteiger partial charge >= 0.3 is 12.2 Å². The molecule has 2 heterocycles. The highest BCUT2D eigenvalue weighted by Crippen LogP contribution is 2.41. The molecule has 2 N–H and O–H groups in total. The summed E-state index contributed by atoms with van der Waals surface area (Å²) in [6.45, 7) is 5.86. The lowest BCUT2D eigenvalue weighted by Gasteiger charge is -2.14. The van der Waals surface area contributed by atoms with Gasteiger partial charge in [-0.3, -0.25) is 0 Å². The fraction of sp³-hybridized carbons (Fsp3) is 0.273. The molecule has 0 saturated heterocycles. The second kappa shape index (κ2) is 8.69. The maximum Gasteiger partial charge on any atom is 0.513 e. The number of carbonyl (C=O) groups is 1. The zero-order chi connectivity index (χ0) is 23.7. The summed E-state index contributed by atoms with van der Waals surface area (Å²) >= 11 is 0. The molecule has 0 saturated carbocycles. The van der Waals surface area contributed by atoms with Crippen molar-refractivity contribution in [1.29, 1.82) is 0 Å². The van der Waals surface area contributed by atoms with Crippen molar-refractivity contribution >= 4 is 17.2 Å². The van der Waals surface area contributed by atoms with Gasteiger partial charge in [-0.05, 0) is 39.0 Å². The van der Waals surface area contributed by atoms with Crippen molar-refractivity contribution in [3.8, 4) is 40.3 Å². The number of hydrogen-bond donors (Lipinski definition) is 2. The second-order valence-corrected chi connectivity index (χ2v) is 7.35. The number of phenolic OH excluding ortho intramolecular Hbond substituents is 1. The number of para-hydroxylation sites is 1. The van der Waals surface area contributed by atoms with E-state index in [0.29, 0.717) is 11.2 Å². The van der Waals surface area contributed by atoms with Gasteiger partial charge in [-0.1, -0.05) is 11.2 Å². The summed E-state index contributed by atoms with van der Waals surface area (Å²) in [5.41, 5.74) is 2.20. The maximum atomic E-state index is 11.7. The van der Waals surface area contributed by atoms with Crippen LogP contribution in [0.5, 0.6) is 23.3 Å². The van der Waals surface area contributed by atoms with Crippen molar-refractivity contribution < 1.29 is 29.2 Å². The average Bonchev–Trinajstić information content (AvgIpc) is 3.38. The summed E-state index contributed by atoms with van der Waals surface area (Å²) in [5, 5.41) is 29.1. The van der Waals surface area contributed by atoms with Crippen LogP contribution in [0.4, 0.5) is 4.79 Å². The van der Waals surface area contributed by atoms with E-state index in [9.17, 15) is 15.0 Å². The summed E-state index contributed by atoms with van der Waals surface area (Å²) in [7, 11) is 1.38. The number of carbonyl (C=O) groups excluding carboxylic acids is 1. The van der Waals surface area contributed by atoms with Crippen molar-refractivity contribution in [3.05, 3.63) is 36.7 Å². The van der Waals surface area contributed by atoms with Crippen molar-refractivity contribution in [3.63, 3.8) is 0 Å². The highest BCUT2D eigenvalue weighted by Gasteiger charge is 2.24. The molecule has 0 radical (unpaired) electrons. The lowest BCUT2D eigenvalue weighted by molar-refractivity contribution is 0.103. The molecular weight excluding hydrogens is 430 g/mol. The SMILES string of the molecule is CCOC(=O)Oc1cc(O)c(-c2nnc(O)n2-c2cccc3c2ncn3C(C)C)cc1OC. The van der Waals surface area contributed by atoms with Gasteiger partial charge in [0.05, 0.1) is 36.8 Å². The number of methoxy groups -OCH3 is 1. The molecule has 2 aromatic carbocycles. The normalized spacial score (nSPS) is 11.2. The number of phenols is 1. The summed E-state index contributed by atoms with van der Waals surface area (Å²) in [6, 6.07) is 7.94. The van der Waals surface area contributed by atoms with E-state index in [4.69, 9.17) is 14.2 Å². The predicted molar refractivity (Wildman–Crippen MR) is 118 cm³/mol. The first kappa shape index (κ1) is 21.9. The van der Waals surface area contributed by atoms with E-state index in [2.05, 4.69) is 15.2 Å². The van der Waals surface area contributed by atoms with Crippen molar-refractivity contribution in [2.75, 3.05) is 13.7 Å². The van der Waals surface area contributed by atoms with Gasteiger partial charge < -0.3 is 29.0 Å². The van der Waals surface area contributed by atoms with Crippen LogP contribution in [0, 0.1) is 0 Å². The maximum absolute atomic E-state index is 11.7. The predicted octanol–water partition coefficient (Wildman–Crippen LogP) is 3.82. The monoisotopic (exact) mass is 453 g/mol. The van der Waals surface area contributed by atoms with Gasteiger partial charge in [0.15, 0.2) is 17.3 Å². The Bertz CT molecular complexity index is 1330. The molecule has 0 fully saturated rings. The Balaban J connectivity index is 1.86. The smallest absolute Gasteiger partial charge is 0.507 e. The minimum Gasteiger partial charge on any atom is -0.507 e. The Kier molecular flexibility index (Phi) is 5.78. The van der Waals surface area contributed by atoms with E-state index in [1.54, 1.807) is 19.3 Å². The molecule has 0 aliphatic carbocycles. The quantitative estimate of drug-likeness (QED) is 0.330. The minimum atomic E-state index is -0.934. The first-order valence-electron chi connectivity index (χ1n) is 10.2. The van der Waals surface area contributed by atoms with Gasteiger partial charge in [-0.25, -0.2) is 14.3 Å². The highest BCUT2D eigenvalue weighted by atomic mass is 16.7. The topological polar surface area (TPSA) is 134 Å². The average molecular weight is 453 g/mol. The van der Waals surface area contributed by atoms with Crippen LogP contribution >= 0.6 is 0 Å². The van der Waals surface area contributed by atoms with Crippen molar-refractivity contribution in [2.45, 2.75) is 26.8 Å². The molecule has 11 heteroatoms. The number of benzene rings is 2. The Hall–Kier alpha value is -4.28. The van der Waals surface area contributed by atoms with Crippen LogP contribution in [0.2, 0.25) is 0 Å². The van der Waals surface area contributed by atoms with E-state index in [0.717, 1.165) is 5.52 Å². The van der Waals surface area contributed by atoms with Gasteiger partial charge in [-0.15, -0.1) is 5.10 Å². The van der Waals surface area contributed by atoms with E-state index < -0.39 is 6.16 Å². The van der Waals surface area contributed by atoms with Gasteiger partial charge in [0.2, 0.25) is 0 Å². The Morgan fingerprint density at radius 2 is 1.94 bits per heavy atom. The number of aromatic hydroxyl groups is 2. The third-order valence-electron chi connectivity index (χ3n) is 5.00. The number of aromatic nitrogens is 5. The Morgan fingerprint density at radius 3 is 2.64 bits per heavy atom.